The number of hydrogen-bond acceptors (Lipinski definition) is 7. The molecule has 0 heterocycles. The van der Waals surface area contributed by atoms with Crippen molar-refractivity contribution in [2.24, 2.45) is 0 Å². The lowest BCUT2D eigenvalue weighted by atomic mass is 10.0. The molecule has 1 amide bonds. The second-order valence-electron chi connectivity index (χ2n) is 20.1. The van der Waals surface area contributed by atoms with Gasteiger partial charge in [0, 0.05) is 12.8 Å². The molecule has 3 unspecified atom stereocenters. The molecule has 0 saturated heterocycles. The first-order valence-corrected chi connectivity index (χ1v) is 29.6. The fraction of sp³-hybridized carbons (Fsp3) is 0.793. The Kier molecular flexibility index (Phi) is 46.7. The molecular weight excluding hydrogens is 868 g/mol. The van der Waals surface area contributed by atoms with Gasteiger partial charge in [-0.2, -0.15) is 0 Å². The summed E-state index contributed by atoms with van der Waals surface area (Å²) in [6.07, 6.45) is 58.9. The van der Waals surface area contributed by atoms with E-state index >= 15 is 0 Å². The molecule has 0 aromatic carbocycles. The van der Waals surface area contributed by atoms with Gasteiger partial charge >= 0.3 is 5.97 Å². The summed E-state index contributed by atoms with van der Waals surface area (Å²) in [6.45, 7) is 6.70. The van der Waals surface area contributed by atoms with Crippen molar-refractivity contribution in [1.29, 1.82) is 0 Å². The standard InChI is InChI=1S/C58H107N2O7P/c1-7-10-13-16-19-22-25-28-29-30-33-35-38-41-44-47-50-57(61)59-55(54-66-68(63,64)65-53-52-60(4,5)6)56(49-46-43-40-37-34-31-26-23-20-17-14-11-8-2)67-58(62)51-48-45-42-39-36-32-27-24-21-18-15-12-9-3/h10,13,19,22,28-29,33,35,46,49,55-56H,7-9,11-12,14-18,20-21,23-27,30-32,34,36-45,47-48,50-54H2,1-6H3,(H-,59,61,63,64)/b13-10+,22-19+,29-28+,35-33+,49-46+. The minimum Gasteiger partial charge on any atom is -0.756 e. The van der Waals surface area contributed by atoms with Gasteiger partial charge in [0.05, 0.1) is 33.8 Å². The molecule has 9 nitrogen and oxygen atoms in total. The normalized spacial score (nSPS) is 14.3. The summed E-state index contributed by atoms with van der Waals surface area (Å²) in [5.74, 6) is -0.574. The number of nitrogens with one attached hydrogen (secondary N) is 1. The van der Waals surface area contributed by atoms with Crippen LogP contribution in [-0.4, -0.2) is 69.4 Å². The fourth-order valence-corrected chi connectivity index (χ4v) is 8.59. The highest BCUT2D eigenvalue weighted by molar-refractivity contribution is 7.45. The van der Waals surface area contributed by atoms with Gasteiger partial charge < -0.3 is 28.5 Å². The second kappa shape index (κ2) is 48.3. The summed E-state index contributed by atoms with van der Waals surface area (Å²) < 4.78 is 30.2. The van der Waals surface area contributed by atoms with Crippen LogP contribution in [0.1, 0.15) is 245 Å². The van der Waals surface area contributed by atoms with Crippen LogP contribution in [0.25, 0.3) is 0 Å². The SMILES string of the molecule is CC/C=C/C/C=C/C/C=C/C/C=C/CCCCCC(=O)NC(COP(=O)([O-])OCC[N+](C)(C)C)C(/C=C/CCCCCCCCCCCCC)OC(=O)CCCCCCCCCCCCCCC. The maximum atomic E-state index is 13.5. The van der Waals surface area contributed by atoms with E-state index in [1.54, 1.807) is 0 Å². The highest BCUT2D eigenvalue weighted by atomic mass is 31.2. The first-order valence-electron chi connectivity index (χ1n) is 28.1. The van der Waals surface area contributed by atoms with E-state index in [-0.39, 0.29) is 31.3 Å². The minimum absolute atomic E-state index is 0.0291. The molecule has 0 saturated carbocycles. The smallest absolute Gasteiger partial charge is 0.306 e. The average Bonchev–Trinajstić information content (AvgIpc) is 3.29. The van der Waals surface area contributed by atoms with Gasteiger partial charge in [-0.15, -0.1) is 0 Å². The highest BCUT2D eigenvalue weighted by Gasteiger charge is 2.27. The van der Waals surface area contributed by atoms with Gasteiger partial charge in [-0.05, 0) is 70.3 Å². The number of quaternary nitrogens is 1. The first-order chi connectivity index (χ1) is 32.9. The van der Waals surface area contributed by atoms with E-state index < -0.39 is 26.6 Å². The van der Waals surface area contributed by atoms with E-state index in [4.69, 9.17) is 13.8 Å². The molecule has 396 valence electrons. The first kappa shape index (κ1) is 65.7. The summed E-state index contributed by atoms with van der Waals surface area (Å²) in [5.41, 5.74) is 0. The number of esters is 1. The van der Waals surface area contributed by atoms with Crippen LogP contribution < -0.4 is 10.2 Å². The van der Waals surface area contributed by atoms with E-state index in [0.717, 1.165) is 83.5 Å². The molecule has 0 aliphatic rings. The number of likely N-dealkylation sites (N-methyl/N-ethyl adjacent to an activating group) is 1. The van der Waals surface area contributed by atoms with E-state index in [2.05, 4.69) is 74.7 Å². The van der Waals surface area contributed by atoms with Crippen molar-refractivity contribution in [2.75, 3.05) is 40.9 Å². The largest absolute Gasteiger partial charge is 0.756 e. The summed E-state index contributed by atoms with van der Waals surface area (Å²) in [4.78, 5) is 39.8. The van der Waals surface area contributed by atoms with Crippen LogP contribution in [0.3, 0.4) is 0 Å². The maximum Gasteiger partial charge on any atom is 0.306 e. The molecule has 0 aliphatic heterocycles. The van der Waals surface area contributed by atoms with Crippen molar-refractivity contribution in [3.63, 3.8) is 0 Å². The van der Waals surface area contributed by atoms with Crippen LogP contribution in [-0.2, 0) is 27.9 Å². The predicted octanol–water partition coefficient (Wildman–Crippen LogP) is 16.1. The third-order valence-corrected chi connectivity index (χ3v) is 13.2. The van der Waals surface area contributed by atoms with Crippen molar-refractivity contribution in [2.45, 2.75) is 258 Å². The third kappa shape index (κ3) is 48.7. The average molecular weight is 975 g/mol. The zero-order chi connectivity index (χ0) is 50.1. The van der Waals surface area contributed by atoms with Crippen molar-refractivity contribution in [3.05, 3.63) is 60.8 Å². The minimum atomic E-state index is -4.70. The van der Waals surface area contributed by atoms with Gasteiger partial charge in [0.1, 0.15) is 19.3 Å². The Morgan fingerprint density at radius 2 is 0.941 bits per heavy atom. The summed E-state index contributed by atoms with van der Waals surface area (Å²) >= 11 is 0. The van der Waals surface area contributed by atoms with Crippen LogP contribution >= 0.6 is 7.82 Å². The Labute approximate surface area is 420 Å². The maximum absolute atomic E-state index is 13.5. The van der Waals surface area contributed by atoms with Gasteiger partial charge in [0.15, 0.2) is 0 Å². The lowest BCUT2D eigenvalue weighted by Gasteiger charge is -2.30. The molecule has 68 heavy (non-hydrogen) atoms. The zero-order valence-electron chi connectivity index (χ0n) is 45.1. The Morgan fingerprint density at radius 1 is 0.529 bits per heavy atom. The van der Waals surface area contributed by atoms with Crippen molar-refractivity contribution in [1.82, 2.24) is 5.32 Å². The van der Waals surface area contributed by atoms with E-state index in [9.17, 15) is 19.0 Å². The third-order valence-electron chi connectivity index (χ3n) is 12.2. The monoisotopic (exact) mass is 975 g/mol. The number of carbonyl (C=O) groups is 2. The summed E-state index contributed by atoms with van der Waals surface area (Å²) in [5, 5.41) is 3.00. The lowest BCUT2D eigenvalue weighted by Crippen LogP contribution is -2.47. The van der Waals surface area contributed by atoms with E-state index in [0.29, 0.717) is 17.4 Å². The molecule has 0 fully saturated rings. The zero-order valence-corrected chi connectivity index (χ0v) is 45.9. The number of rotatable bonds is 50. The number of amides is 1. The van der Waals surface area contributed by atoms with Crippen LogP contribution in [0.4, 0.5) is 0 Å². The number of unbranched alkanes of at least 4 members (excludes halogenated alkanes) is 26. The Balaban J connectivity index is 5.44. The molecule has 0 spiro atoms. The molecule has 0 aromatic heterocycles. The van der Waals surface area contributed by atoms with Gasteiger partial charge in [0.25, 0.3) is 7.82 Å². The highest BCUT2D eigenvalue weighted by Crippen LogP contribution is 2.38. The van der Waals surface area contributed by atoms with Crippen LogP contribution in [0.5, 0.6) is 0 Å². The number of nitrogens with zero attached hydrogens (tertiary/aromatic N) is 1. The molecule has 0 radical (unpaired) electrons. The van der Waals surface area contributed by atoms with Crippen LogP contribution in [0.2, 0.25) is 0 Å². The molecule has 0 aromatic rings. The van der Waals surface area contributed by atoms with Crippen molar-refractivity contribution < 1.29 is 37.3 Å². The summed E-state index contributed by atoms with van der Waals surface area (Å²) in [7, 11) is 1.16. The number of allylic oxidation sites excluding steroid dienone is 9. The number of hydrogen-bond donors (Lipinski definition) is 1. The molecule has 10 heteroatoms. The summed E-state index contributed by atoms with van der Waals surface area (Å²) in [6, 6.07) is -0.902. The fourth-order valence-electron chi connectivity index (χ4n) is 7.87. The van der Waals surface area contributed by atoms with Crippen molar-refractivity contribution >= 4 is 19.7 Å². The Morgan fingerprint density at radius 3 is 1.43 bits per heavy atom. The molecule has 0 bridgehead atoms. The number of phosphoric acid groups is 1. The molecule has 3 atom stereocenters. The predicted molar refractivity (Wildman–Crippen MR) is 289 cm³/mol. The quantitative estimate of drug-likeness (QED) is 0.0212. The van der Waals surface area contributed by atoms with Gasteiger partial charge in [-0.3, -0.25) is 14.2 Å². The number of ether oxygens (including phenoxy) is 1. The van der Waals surface area contributed by atoms with Gasteiger partial charge in [-0.25, -0.2) is 0 Å². The lowest BCUT2D eigenvalue weighted by molar-refractivity contribution is -0.870. The van der Waals surface area contributed by atoms with Gasteiger partial charge in [-0.1, -0.05) is 223 Å². The van der Waals surface area contributed by atoms with E-state index in [1.165, 1.54) is 122 Å². The Bertz CT molecular complexity index is 1350. The topological polar surface area (TPSA) is 114 Å². The molecular formula is C58H107N2O7P. The number of carbonyl (C=O) groups excluding carboxylic acids is 2. The van der Waals surface area contributed by atoms with Gasteiger partial charge in [0.2, 0.25) is 5.91 Å². The molecule has 0 aliphatic carbocycles. The molecule has 0 rings (SSSR count). The molecule has 1 N–H and O–H groups in total. The van der Waals surface area contributed by atoms with Crippen LogP contribution in [0.15, 0.2) is 60.8 Å². The number of phosphoric ester groups is 1. The Hall–Kier alpha value is -2.29. The second-order valence-corrected chi connectivity index (χ2v) is 21.5. The van der Waals surface area contributed by atoms with Crippen LogP contribution in [0, 0.1) is 0 Å². The van der Waals surface area contributed by atoms with Crippen molar-refractivity contribution in [3.8, 4) is 0 Å². The van der Waals surface area contributed by atoms with E-state index in [1.807, 2.05) is 33.3 Å².